The molecule has 0 amide bonds. The number of amidine groups is 1. The maximum absolute atomic E-state index is 11.5. The highest BCUT2D eigenvalue weighted by Gasteiger charge is 2.10. The second-order valence-electron chi connectivity index (χ2n) is 10.4. The minimum absolute atomic E-state index is 0.189. The Kier molecular flexibility index (Phi) is 16.4. The number of nitrogens with one attached hydrogen (secondary N) is 2. The lowest BCUT2D eigenvalue weighted by Crippen LogP contribution is -2.29. The third kappa shape index (κ3) is 12.0. The zero-order chi connectivity index (χ0) is 33.0. The van der Waals surface area contributed by atoms with Crippen molar-refractivity contribution >= 4 is 24.5 Å². The van der Waals surface area contributed by atoms with Gasteiger partial charge in [0.2, 0.25) is 0 Å². The van der Waals surface area contributed by atoms with Gasteiger partial charge in [0, 0.05) is 49.7 Å². The molecule has 0 aliphatic rings. The Hall–Kier alpha value is -4.76. The second-order valence-corrected chi connectivity index (χ2v) is 10.4. The van der Waals surface area contributed by atoms with Crippen LogP contribution in [0.2, 0.25) is 0 Å². The van der Waals surface area contributed by atoms with Gasteiger partial charge in [-0.1, -0.05) is 55.8 Å². The summed E-state index contributed by atoms with van der Waals surface area (Å²) in [7, 11) is 6.90. The molecule has 3 rings (SSSR count). The molecule has 0 aliphatic carbocycles. The average molecular weight is 614 g/mol. The third-order valence-electron chi connectivity index (χ3n) is 7.06. The standard InChI is InChI=1S/C22H25N3O4.C14H22N2/c1-25(11-12-26)22(17-7-5-4-6-8-17)24-15-19(16-27)23-14-18-9-10-20(28-2)13-21(18)29-3;1-5-12(3)14-6-7-16-10-13(14)8-11(2)9-15-4/h4-10,12-13,15-16,23H,11,14H2,1-3H3;6-8,10,12,15H,5,9H2,1-4H3/b19-15+,24-22?;11-8+. The van der Waals surface area contributed by atoms with Gasteiger partial charge in [0.15, 0.2) is 6.29 Å². The van der Waals surface area contributed by atoms with Crippen molar-refractivity contribution in [1.29, 1.82) is 0 Å². The van der Waals surface area contributed by atoms with Crippen LogP contribution in [0, 0.1) is 0 Å². The van der Waals surface area contributed by atoms with Crippen molar-refractivity contribution in [1.82, 2.24) is 20.5 Å². The van der Waals surface area contributed by atoms with E-state index in [-0.39, 0.29) is 6.54 Å². The van der Waals surface area contributed by atoms with E-state index in [9.17, 15) is 9.59 Å². The molecule has 0 fully saturated rings. The first-order chi connectivity index (χ1) is 21.8. The molecule has 0 radical (unpaired) electrons. The first kappa shape index (κ1) is 36.4. The molecule has 0 bridgehead atoms. The molecule has 2 aromatic carbocycles. The summed E-state index contributed by atoms with van der Waals surface area (Å²) in [5, 5.41) is 6.21. The van der Waals surface area contributed by atoms with Crippen molar-refractivity contribution in [2.75, 3.05) is 41.4 Å². The third-order valence-corrected chi connectivity index (χ3v) is 7.06. The van der Waals surface area contributed by atoms with Crippen LogP contribution in [-0.2, 0) is 16.1 Å². The van der Waals surface area contributed by atoms with Crippen molar-refractivity contribution in [2.24, 2.45) is 4.99 Å². The molecule has 3 aromatic rings. The minimum Gasteiger partial charge on any atom is -0.497 e. The first-order valence-electron chi connectivity index (χ1n) is 14.9. The number of hydrogen-bond donors (Lipinski definition) is 2. The zero-order valence-electron chi connectivity index (χ0n) is 27.5. The van der Waals surface area contributed by atoms with E-state index >= 15 is 0 Å². The van der Waals surface area contributed by atoms with Crippen LogP contribution in [0.4, 0.5) is 0 Å². The largest absolute Gasteiger partial charge is 0.497 e. The highest BCUT2D eigenvalue weighted by molar-refractivity contribution is 6.00. The minimum atomic E-state index is 0.189. The number of allylic oxidation sites excluding steroid dienone is 1. The summed E-state index contributed by atoms with van der Waals surface area (Å²) in [6.45, 7) is 8.12. The molecule has 0 saturated heterocycles. The Morgan fingerprint density at radius 3 is 2.47 bits per heavy atom. The van der Waals surface area contributed by atoms with E-state index in [4.69, 9.17) is 9.47 Å². The van der Waals surface area contributed by atoms with Crippen LogP contribution in [0.25, 0.3) is 6.08 Å². The summed E-state index contributed by atoms with van der Waals surface area (Å²) in [6.07, 6.45) is 10.2. The number of methoxy groups -OCH3 is 2. The average Bonchev–Trinajstić information content (AvgIpc) is 3.07. The number of ether oxygens (including phenoxy) is 2. The maximum Gasteiger partial charge on any atom is 0.167 e. The number of carbonyl (C=O) groups is 2. The van der Waals surface area contributed by atoms with Gasteiger partial charge in [-0.3, -0.25) is 9.78 Å². The van der Waals surface area contributed by atoms with Crippen LogP contribution < -0.4 is 20.1 Å². The van der Waals surface area contributed by atoms with E-state index in [1.165, 1.54) is 22.9 Å². The molecule has 2 N–H and O–H groups in total. The Labute approximate surface area is 268 Å². The van der Waals surface area contributed by atoms with Crippen molar-refractivity contribution in [3.05, 3.63) is 107 Å². The van der Waals surface area contributed by atoms with Crippen molar-refractivity contribution in [3.8, 4) is 11.5 Å². The number of aliphatic imine (C=N–C) groups is 1. The normalized spacial score (nSPS) is 12.4. The predicted molar refractivity (Wildman–Crippen MR) is 183 cm³/mol. The van der Waals surface area contributed by atoms with Crippen molar-refractivity contribution < 1.29 is 19.1 Å². The molecule has 0 saturated carbocycles. The number of likely N-dealkylation sites (N-methyl/N-ethyl adjacent to an activating group) is 2. The number of nitrogens with zero attached hydrogens (tertiary/aromatic N) is 3. The number of benzene rings is 2. The fraction of sp³-hybridized carbons (Fsp3) is 0.333. The van der Waals surface area contributed by atoms with Crippen LogP contribution in [0.5, 0.6) is 11.5 Å². The number of aromatic nitrogens is 1. The van der Waals surface area contributed by atoms with Gasteiger partial charge in [0.1, 0.15) is 23.6 Å². The summed E-state index contributed by atoms with van der Waals surface area (Å²) in [4.78, 5) is 32.8. The Morgan fingerprint density at radius 1 is 1.09 bits per heavy atom. The van der Waals surface area contributed by atoms with E-state index in [2.05, 4.69) is 53.5 Å². The fourth-order valence-electron chi connectivity index (χ4n) is 4.42. The summed E-state index contributed by atoms with van der Waals surface area (Å²) < 4.78 is 10.6. The van der Waals surface area contributed by atoms with Crippen LogP contribution >= 0.6 is 0 Å². The quantitative estimate of drug-likeness (QED) is 0.0984. The van der Waals surface area contributed by atoms with Gasteiger partial charge in [-0.05, 0) is 55.6 Å². The van der Waals surface area contributed by atoms with E-state index < -0.39 is 0 Å². The fourth-order valence-corrected chi connectivity index (χ4v) is 4.42. The molecule has 45 heavy (non-hydrogen) atoms. The molecule has 0 spiro atoms. The number of carbonyl (C=O) groups excluding carboxylic acids is 2. The monoisotopic (exact) mass is 613 g/mol. The van der Waals surface area contributed by atoms with Crippen LogP contribution in [-0.4, -0.2) is 69.7 Å². The topological polar surface area (TPSA) is 105 Å². The number of hydrogen-bond acceptors (Lipinski definition) is 8. The molecule has 0 aliphatic heterocycles. The summed E-state index contributed by atoms with van der Waals surface area (Å²) in [5.74, 6) is 2.52. The van der Waals surface area contributed by atoms with E-state index in [0.717, 1.165) is 30.4 Å². The van der Waals surface area contributed by atoms with E-state index in [1.807, 2.05) is 61.9 Å². The van der Waals surface area contributed by atoms with Gasteiger partial charge in [0.05, 0.1) is 32.7 Å². The molecule has 9 heteroatoms. The van der Waals surface area contributed by atoms with Gasteiger partial charge in [-0.15, -0.1) is 0 Å². The van der Waals surface area contributed by atoms with Gasteiger partial charge >= 0.3 is 0 Å². The molecular formula is C36H47N5O4. The molecule has 1 aromatic heterocycles. The lowest BCUT2D eigenvalue weighted by Gasteiger charge is -2.18. The molecular weight excluding hydrogens is 566 g/mol. The van der Waals surface area contributed by atoms with Gasteiger partial charge in [-0.25, -0.2) is 4.99 Å². The Bertz CT molecular complexity index is 1440. The van der Waals surface area contributed by atoms with Gasteiger partial charge < -0.3 is 29.8 Å². The molecule has 240 valence electrons. The molecule has 9 nitrogen and oxygen atoms in total. The van der Waals surface area contributed by atoms with E-state index in [1.54, 1.807) is 32.2 Å². The van der Waals surface area contributed by atoms with Crippen LogP contribution in [0.15, 0.2) is 89.5 Å². The van der Waals surface area contributed by atoms with E-state index in [0.29, 0.717) is 41.8 Å². The van der Waals surface area contributed by atoms with Gasteiger partial charge in [0.25, 0.3) is 0 Å². The highest BCUT2D eigenvalue weighted by Crippen LogP contribution is 2.25. The zero-order valence-corrected chi connectivity index (χ0v) is 27.5. The molecule has 1 atom stereocenters. The number of rotatable bonds is 15. The summed E-state index contributed by atoms with van der Waals surface area (Å²) in [6, 6.07) is 17.1. The second kappa shape index (κ2) is 20.2. The lowest BCUT2D eigenvalue weighted by molar-refractivity contribution is -0.108. The van der Waals surface area contributed by atoms with Crippen molar-refractivity contribution in [2.45, 2.75) is 39.7 Å². The summed E-state index contributed by atoms with van der Waals surface area (Å²) >= 11 is 0. The Balaban J connectivity index is 0.000000372. The summed E-state index contributed by atoms with van der Waals surface area (Å²) in [5.41, 5.74) is 6.00. The van der Waals surface area contributed by atoms with Gasteiger partial charge in [-0.2, -0.15) is 0 Å². The highest BCUT2D eigenvalue weighted by atomic mass is 16.5. The van der Waals surface area contributed by atoms with Crippen molar-refractivity contribution in [3.63, 3.8) is 0 Å². The smallest absolute Gasteiger partial charge is 0.167 e. The van der Waals surface area contributed by atoms with Crippen LogP contribution in [0.3, 0.4) is 0 Å². The molecule has 1 unspecified atom stereocenters. The predicted octanol–water partition coefficient (Wildman–Crippen LogP) is 5.63. The van der Waals surface area contributed by atoms with Crippen LogP contribution in [0.1, 0.15) is 55.4 Å². The lowest BCUT2D eigenvalue weighted by atomic mass is 9.94. The SMILES string of the molecule is CCC(C)c1ccncc1/C=C(\C)CNC.COc1ccc(CN/C(C=O)=C/N=C(c2ccccc2)N(C)CC=O)c(OC)c1. The maximum atomic E-state index is 11.5. The number of pyridine rings is 1. The molecule has 1 heterocycles. The first-order valence-corrected chi connectivity index (χ1v) is 14.9. The number of aldehydes is 2. The Morgan fingerprint density at radius 2 is 1.84 bits per heavy atom.